The van der Waals surface area contributed by atoms with Crippen LogP contribution in [-0.2, 0) is 17.6 Å². The Morgan fingerprint density at radius 1 is 1.23 bits per heavy atom. The largest absolute Gasteiger partial charge is 0.338 e. The van der Waals surface area contributed by atoms with E-state index < -0.39 is 0 Å². The fourth-order valence-electron chi connectivity index (χ4n) is 2.62. The van der Waals surface area contributed by atoms with Crippen molar-refractivity contribution in [2.75, 3.05) is 11.1 Å². The Labute approximate surface area is 134 Å². The van der Waals surface area contributed by atoms with Gasteiger partial charge >= 0.3 is 0 Å². The number of amides is 1. The van der Waals surface area contributed by atoms with Gasteiger partial charge in [0.2, 0.25) is 11.8 Å². The second-order valence-corrected chi connectivity index (χ2v) is 6.63. The van der Waals surface area contributed by atoms with Crippen LogP contribution in [0.25, 0.3) is 0 Å². The lowest BCUT2D eigenvalue weighted by Gasteiger charge is -2.09. The Balaban J connectivity index is 1.42. The lowest BCUT2D eigenvalue weighted by Crippen LogP contribution is -2.13. The fraction of sp³-hybridized carbons (Fsp3) is 0.412. The smallest absolute Gasteiger partial charge is 0.234 e. The van der Waals surface area contributed by atoms with Crippen LogP contribution in [0.3, 0.4) is 0 Å². The zero-order chi connectivity index (χ0) is 15.2. The molecule has 1 aliphatic carbocycles. The highest BCUT2D eigenvalue weighted by molar-refractivity contribution is 7.99. The molecule has 0 unspecified atom stereocenters. The van der Waals surface area contributed by atoms with Crippen molar-refractivity contribution in [3.8, 4) is 0 Å². The van der Waals surface area contributed by atoms with Gasteiger partial charge in [-0.05, 0) is 50.0 Å². The van der Waals surface area contributed by atoms with Gasteiger partial charge in [0.1, 0.15) is 0 Å². The number of thioether (sulfide) groups is 1. The number of carbonyl (C=O) groups is 1. The third-order valence-corrected chi connectivity index (χ3v) is 4.87. The summed E-state index contributed by atoms with van der Waals surface area (Å²) in [6.07, 6.45) is 5.58. The molecular weight excluding hydrogens is 296 g/mol. The highest BCUT2D eigenvalue weighted by atomic mass is 32.2. The summed E-state index contributed by atoms with van der Waals surface area (Å²) >= 11 is 1.78. The lowest BCUT2D eigenvalue weighted by molar-refractivity contribution is -0.116. The van der Waals surface area contributed by atoms with Crippen molar-refractivity contribution in [1.82, 2.24) is 5.16 Å². The number of nitrogens with one attached hydrogen (secondary N) is 1. The Kier molecular flexibility index (Phi) is 5.16. The monoisotopic (exact) mass is 316 g/mol. The minimum absolute atomic E-state index is 0.0122. The van der Waals surface area contributed by atoms with Crippen LogP contribution in [0.4, 0.5) is 5.88 Å². The molecule has 2 aromatic rings. The molecule has 0 spiro atoms. The van der Waals surface area contributed by atoms with E-state index in [1.54, 1.807) is 11.8 Å². The van der Waals surface area contributed by atoms with Gasteiger partial charge in [-0.15, -0.1) is 11.8 Å². The van der Waals surface area contributed by atoms with Crippen molar-refractivity contribution in [3.05, 3.63) is 41.6 Å². The number of aromatic nitrogens is 1. The maximum Gasteiger partial charge on any atom is 0.234 e. The van der Waals surface area contributed by atoms with E-state index in [1.165, 1.54) is 4.90 Å². The first kappa shape index (κ1) is 15.2. The maximum atomic E-state index is 12.0. The average molecular weight is 316 g/mol. The number of rotatable bonds is 6. The van der Waals surface area contributed by atoms with E-state index in [0.717, 1.165) is 49.1 Å². The Morgan fingerprint density at radius 2 is 2.05 bits per heavy atom. The molecule has 0 aliphatic heterocycles. The molecule has 1 amide bonds. The molecule has 1 aromatic carbocycles. The quantitative estimate of drug-likeness (QED) is 0.645. The van der Waals surface area contributed by atoms with Crippen LogP contribution in [0.1, 0.15) is 36.9 Å². The standard InChI is InChI=1S/C17H20N2O2S/c20-16(11-6-12-22-13-7-2-1-3-8-13)18-17-14-9-4-5-10-15(14)19-21-17/h1-3,7-8H,4-6,9-12H2,(H,18,20). The molecule has 1 N–H and O–H groups in total. The van der Waals surface area contributed by atoms with Crippen molar-refractivity contribution in [2.24, 2.45) is 0 Å². The Bertz CT molecular complexity index is 625. The molecule has 116 valence electrons. The molecule has 1 aliphatic rings. The second-order valence-electron chi connectivity index (χ2n) is 5.46. The predicted molar refractivity (Wildman–Crippen MR) is 88.2 cm³/mol. The fourth-order valence-corrected chi connectivity index (χ4v) is 3.49. The van der Waals surface area contributed by atoms with E-state index in [1.807, 2.05) is 18.2 Å². The molecule has 0 saturated carbocycles. The summed E-state index contributed by atoms with van der Waals surface area (Å²) in [6.45, 7) is 0. The third-order valence-electron chi connectivity index (χ3n) is 3.77. The molecule has 4 nitrogen and oxygen atoms in total. The lowest BCUT2D eigenvalue weighted by atomic mass is 9.98. The van der Waals surface area contributed by atoms with Gasteiger partial charge < -0.3 is 4.52 Å². The number of nitrogens with zero attached hydrogens (tertiary/aromatic N) is 1. The normalized spacial score (nSPS) is 13.6. The number of anilines is 1. The predicted octanol–water partition coefficient (Wildman–Crippen LogP) is 4.06. The molecule has 0 saturated heterocycles. The zero-order valence-electron chi connectivity index (χ0n) is 12.5. The molecule has 0 bridgehead atoms. The highest BCUT2D eigenvalue weighted by Crippen LogP contribution is 2.27. The van der Waals surface area contributed by atoms with Crippen molar-refractivity contribution in [1.29, 1.82) is 0 Å². The van der Waals surface area contributed by atoms with Gasteiger partial charge in [-0.1, -0.05) is 23.4 Å². The number of aryl methyl sites for hydroxylation is 1. The zero-order valence-corrected chi connectivity index (χ0v) is 13.3. The van der Waals surface area contributed by atoms with Gasteiger partial charge in [0.25, 0.3) is 0 Å². The van der Waals surface area contributed by atoms with Gasteiger partial charge in [0.15, 0.2) is 0 Å². The summed E-state index contributed by atoms with van der Waals surface area (Å²) < 4.78 is 5.28. The first-order chi connectivity index (χ1) is 10.8. The third kappa shape index (κ3) is 3.91. The van der Waals surface area contributed by atoms with Gasteiger partial charge in [-0.3, -0.25) is 10.1 Å². The van der Waals surface area contributed by atoms with Crippen molar-refractivity contribution < 1.29 is 9.32 Å². The highest BCUT2D eigenvalue weighted by Gasteiger charge is 2.20. The summed E-state index contributed by atoms with van der Waals surface area (Å²) in [5.41, 5.74) is 2.11. The average Bonchev–Trinajstić information content (AvgIpc) is 2.96. The minimum Gasteiger partial charge on any atom is -0.338 e. The van der Waals surface area contributed by atoms with Crippen molar-refractivity contribution >= 4 is 23.6 Å². The van der Waals surface area contributed by atoms with Crippen LogP contribution in [0.15, 0.2) is 39.8 Å². The van der Waals surface area contributed by atoms with E-state index in [2.05, 4.69) is 22.6 Å². The van der Waals surface area contributed by atoms with Crippen LogP contribution in [0.2, 0.25) is 0 Å². The van der Waals surface area contributed by atoms with Crippen LogP contribution in [0, 0.1) is 0 Å². The Morgan fingerprint density at radius 3 is 2.91 bits per heavy atom. The first-order valence-electron chi connectivity index (χ1n) is 7.78. The number of benzene rings is 1. The summed E-state index contributed by atoms with van der Waals surface area (Å²) in [7, 11) is 0. The molecule has 1 aromatic heterocycles. The number of hydrogen-bond acceptors (Lipinski definition) is 4. The molecule has 0 atom stereocenters. The van der Waals surface area contributed by atoms with Crippen LogP contribution >= 0.6 is 11.8 Å². The summed E-state index contributed by atoms with van der Waals surface area (Å²) in [5.74, 6) is 1.51. The van der Waals surface area contributed by atoms with Gasteiger partial charge in [0, 0.05) is 16.9 Å². The molecule has 3 rings (SSSR count). The first-order valence-corrected chi connectivity index (χ1v) is 8.76. The SMILES string of the molecule is O=C(CCCSc1ccccc1)Nc1onc2c1CCCC2. The van der Waals surface area contributed by atoms with Crippen LogP contribution < -0.4 is 5.32 Å². The second kappa shape index (κ2) is 7.49. The summed E-state index contributed by atoms with van der Waals surface area (Å²) in [4.78, 5) is 13.2. The molecule has 1 heterocycles. The van der Waals surface area contributed by atoms with Crippen LogP contribution in [0.5, 0.6) is 0 Å². The van der Waals surface area contributed by atoms with E-state index in [0.29, 0.717) is 12.3 Å². The summed E-state index contributed by atoms with van der Waals surface area (Å²) in [5, 5.41) is 6.92. The van der Waals surface area contributed by atoms with E-state index in [4.69, 9.17) is 4.52 Å². The van der Waals surface area contributed by atoms with Crippen molar-refractivity contribution in [3.63, 3.8) is 0 Å². The molecular formula is C17H20N2O2S. The van der Waals surface area contributed by atoms with Gasteiger partial charge in [0.05, 0.1) is 5.69 Å². The minimum atomic E-state index is 0.0122. The Hall–Kier alpha value is -1.75. The van der Waals surface area contributed by atoms with E-state index in [-0.39, 0.29) is 5.91 Å². The summed E-state index contributed by atoms with van der Waals surface area (Å²) in [6, 6.07) is 10.2. The van der Waals surface area contributed by atoms with E-state index >= 15 is 0 Å². The van der Waals surface area contributed by atoms with Crippen molar-refractivity contribution in [2.45, 2.75) is 43.4 Å². The number of hydrogen-bond donors (Lipinski definition) is 1. The van der Waals surface area contributed by atoms with Gasteiger partial charge in [-0.25, -0.2) is 0 Å². The molecule has 0 radical (unpaired) electrons. The molecule has 22 heavy (non-hydrogen) atoms. The van der Waals surface area contributed by atoms with E-state index in [9.17, 15) is 4.79 Å². The topological polar surface area (TPSA) is 55.1 Å². The van der Waals surface area contributed by atoms with Crippen LogP contribution in [-0.4, -0.2) is 16.8 Å². The molecule has 5 heteroatoms. The maximum absolute atomic E-state index is 12.0. The number of carbonyl (C=O) groups excluding carboxylic acids is 1. The van der Waals surface area contributed by atoms with Gasteiger partial charge in [-0.2, -0.15) is 0 Å². The number of fused-ring (bicyclic) bond motifs is 1. The molecule has 0 fully saturated rings.